The number of hydrogen-bond acceptors (Lipinski definition) is 4. The number of halogens is 2. The Morgan fingerprint density at radius 2 is 1.91 bits per heavy atom. The van der Waals surface area contributed by atoms with Gasteiger partial charge in [0.15, 0.2) is 0 Å². The van der Waals surface area contributed by atoms with Crippen LogP contribution in [0.25, 0.3) is 5.57 Å². The van der Waals surface area contributed by atoms with Crippen molar-refractivity contribution in [2.24, 2.45) is 7.05 Å². The maximum Gasteiger partial charge on any atom is 0.126 e. The molecule has 1 aromatic heterocycles. The van der Waals surface area contributed by atoms with Gasteiger partial charge < -0.3 is 15.0 Å². The minimum Gasteiger partial charge on any atom is -0.494 e. The Hall–Kier alpha value is -3.61. The molecule has 1 N–H and O–H groups in total. The highest BCUT2D eigenvalue weighted by Crippen LogP contribution is 2.31. The van der Waals surface area contributed by atoms with Crippen molar-refractivity contribution in [2.45, 2.75) is 20.4 Å². The van der Waals surface area contributed by atoms with Gasteiger partial charge in [0.2, 0.25) is 0 Å². The summed E-state index contributed by atoms with van der Waals surface area (Å²) in [7, 11) is 1.87. The van der Waals surface area contributed by atoms with E-state index in [-0.39, 0.29) is 0 Å². The van der Waals surface area contributed by atoms with Crippen LogP contribution in [-0.4, -0.2) is 22.9 Å². The van der Waals surface area contributed by atoms with Crippen LogP contribution in [0.4, 0.5) is 14.5 Å². The number of ether oxygens (including phenoxy) is 1. The highest BCUT2D eigenvalue weighted by atomic mass is 19.1. The predicted molar refractivity (Wildman–Crippen MR) is 122 cm³/mol. The lowest BCUT2D eigenvalue weighted by Gasteiger charge is -2.28. The average Bonchev–Trinajstić information content (AvgIpc) is 3.18. The van der Waals surface area contributed by atoms with E-state index in [0.29, 0.717) is 25.3 Å². The van der Waals surface area contributed by atoms with Crippen molar-refractivity contribution in [2.75, 3.05) is 18.1 Å². The first-order chi connectivity index (χ1) is 15.4. The summed E-state index contributed by atoms with van der Waals surface area (Å²) >= 11 is 0. The topological polar surface area (TPSA) is 42.3 Å². The van der Waals surface area contributed by atoms with Crippen LogP contribution in [0, 0.1) is 18.6 Å². The van der Waals surface area contributed by atoms with E-state index in [0.717, 1.165) is 39.9 Å². The second-order valence-corrected chi connectivity index (χ2v) is 7.73. The summed E-state index contributed by atoms with van der Waals surface area (Å²) in [5.41, 5.74) is 5.52. The van der Waals surface area contributed by atoms with Gasteiger partial charge in [0, 0.05) is 61.1 Å². The lowest BCUT2D eigenvalue weighted by molar-refractivity contribution is 0.340. The molecule has 1 aliphatic rings. The fourth-order valence-electron chi connectivity index (χ4n) is 3.82. The molecular weight excluding hydrogens is 410 g/mol. The summed E-state index contributed by atoms with van der Waals surface area (Å²) in [6.07, 6.45) is 7.90. The zero-order valence-electron chi connectivity index (χ0n) is 18.4. The van der Waals surface area contributed by atoms with E-state index >= 15 is 0 Å². The number of hydrogen-bond donors (Lipinski definition) is 1. The van der Waals surface area contributed by atoms with Gasteiger partial charge in [-0.25, -0.2) is 8.78 Å². The van der Waals surface area contributed by atoms with Crippen LogP contribution >= 0.6 is 0 Å². The molecule has 0 atom stereocenters. The minimum atomic E-state index is -0.584. The maximum absolute atomic E-state index is 13.6. The van der Waals surface area contributed by atoms with Gasteiger partial charge in [-0.15, -0.1) is 0 Å². The maximum atomic E-state index is 13.6. The normalized spacial score (nSPS) is 13.6. The standard InChI is InChI=1S/C25H26F2N4O/c1-4-32-22-5-6-25(17(2)9-22)31-8-7-24(23(16-31)19-14-29-30(3)15-19)28-13-18-10-20(26)12-21(27)11-18/h5-7,9-12,14-16,28H,4,8,13H2,1-3H3. The Balaban J connectivity index is 1.61. The summed E-state index contributed by atoms with van der Waals surface area (Å²) in [5.74, 6) is -0.318. The quantitative estimate of drug-likeness (QED) is 0.570. The van der Waals surface area contributed by atoms with Crippen molar-refractivity contribution >= 4 is 11.3 Å². The molecule has 7 heteroatoms. The van der Waals surface area contributed by atoms with Crippen molar-refractivity contribution in [3.8, 4) is 5.75 Å². The molecule has 0 aliphatic carbocycles. The van der Waals surface area contributed by atoms with Crippen LogP contribution in [-0.2, 0) is 13.6 Å². The Bertz CT molecular complexity index is 1160. The summed E-state index contributed by atoms with van der Waals surface area (Å²) in [5, 5.41) is 7.64. The smallest absolute Gasteiger partial charge is 0.126 e. The first kappa shape index (κ1) is 21.6. The summed E-state index contributed by atoms with van der Waals surface area (Å²) < 4.78 is 34.5. The number of nitrogens with one attached hydrogen (secondary N) is 1. The zero-order chi connectivity index (χ0) is 22.7. The third-order valence-electron chi connectivity index (χ3n) is 5.28. The van der Waals surface area contributed by atoms with Gasteiger partial charge in [0.25, 0.3) is 0 Å². The van der Waals surface area contributed by atoms with E-state index in [1.807, 2.05) is 32.3 Å². The molecule has 0 amide bonds. The van der Waals surface area contributed by atoms with Crippen LogP contribution in [0.2, 0.25) is 0 Å². The van der Waals surface area contributed by atoms with E-state index in [9.17, 15) is 8.78 Å². The molecule has 0 spiro atoms. The Labute approximate surface area is 186 Å². The molecule has 0 bridgehead atoms. The van der Waals surface area contributed by atoms with Crippen LogP contribution in [0.5, 0.6) is 5.75 Å². The van der Waals surface area contributed by atoms with Crippen molar-refractivity contribution < 1.29 is 13.5 Å². The van der Waals surface area contributed by atoms with E-state index in [1.165, 1.54) is 12.1 Å². The second-order valence-electron chi connectivity index (χ2n) is 7.73. The largest absolute Gasteiger partial charge is 0.494 e. The van der Waals surface area contributed by atoms with Gasteiger partial charge in [-0.1, -0.05) is 0 Å². The third kappa shape index (κ3) is 4.82. The van der Waals surface area contributed by atoms with E-state index in [4.69, 9.17) is 4.74 Å². The number of benzene rings is 2. The van der Waals surface area contributed by atoms with Gasteiger partial charge in [0.05, 0.1) is 12.8 Å². The molecule has 2 heterocycles. The fraction of sp³-hybridized carbons (Fsp3) is 0.240. The highest BCUT2D eigenvalue weighted by Gasteiger charge is 2.19. The third-order valence-corrected chi connectivity index (χ3v) is 5.28. The number of allylic oxidation sites excluding steroid dienone is 1. The first-order valence-corrected chi connectivity index (χ1v) is 10.5. The van der Waals surface area contributed by atoms with Crippen molar-refractivity contribution in [1.29, 1.82) is 0 Å². The Morgan fingerprint density at radius 3 is 2.56 bits per heavy atom. The first-order valence-electron chi connectivity index (χ1n) is 10.5. The van der Waals surface area contributed by atoms with E-state index < -0.39 is 11.6 Å². The zero-order valence-corrected chi connectivity index (χ0v) is 18.4. The van der Waals surface area contributed by atoms with Crippen LogP contribution < -0.4 is 15.0 Å². The summed E-state index contributed by atoms with van der Waals surface area (Å²) in [6, 6.07) is 9.61. The van der Waals surface area contributed by atoms with Gasteiger partial charge in [-0.2, -0.15) is 5.10 Å². The number of aryl methyl sites for hydroxylation is 2. The molecule has 0 radical (unpaired) electrons. The molecule has 0 saturated carbocycles. The molecular formula is C25H26F2N4O. The summed E-state index contributed by atoms with van der Waals surface area (Å²) in [4.78, 5) is 2.17. The van der Waals surface area contributed by atoms with Crippen molar-refractivity contribution in [1.82, 2.24) is 15.1 Å². The fourth-order valence-corrected chi connectivity index (χ4v) is 3.82. The molecule has 2 aromatic carbocycles. The van der Waals surface area contributed by atoms with Crippen molar-refractivity contribution in [3.63, 3.8) is 0 Å². The van der Waals surface area contributed by atoms with Crippen LogP contribution in [0.3, 0.4) is 0 Å². The van der Waals surface area contributed by atoms with Crippen LogP contribution in [0.1, 0.15) is 23.6 Å². The monoisotopic (exact) mass is 436 g/mol. The predicted octanol–water partition coefficient (Wildman–Crippen LogP) is 4.94. The van der Waals surface area contributed by atoms with Crippen LogP contribution in [0.15, 0.2) is 66.8 Å². The van der Waals surface area contributed by atoms with Gasteiger partial charge in [0.1, 0.15) is 17.4 Å². The number of aromatic nitrogens is 2. The molecule has 166 valence electrons. The number of nitrogens with zero attached hydrogens (tertiary/aromatic N) is 3. The SMILES string of the molecule is CCOc1ccc(N2C=C(c3cnn(C)c3)C(NCc3cc(F)cc(F)c3)=CC2)c(C)c1. The molecule has 1 aliphatic heterocycles. The number of anilines is 1. The Kier molecular flexibility index (Phi) is 6.25. The second kappa shape index (κ2) is 9.26. The average molecular weight is 437 g/mol. The highest BCUT2D eigenvalue weighted by molar-refractivity contribution is 5.82. The van der Waals surface area contributed by atoms with Gasteiger partial charge in [-0.05, 0) is 61.4 Å². The Morgan fingerprint density at radius 1 is 1.12 bits per heavy atom. The molecule has 4 rings (SSSR count). The molecule has 0 fully saturated rings. The molecule has 5 nitrogen and oxygen atoms in total. The van der Waals surface area contributed by atoms with Crippen molar-refractivity contribution in [3.05, 3.63) is 95.1 Å². The molecule has 0 unspecified atom stereocenters. The lowest BCUT2D eigenvalue weighted by atomic mass is 10.0. The van der Waals surface area contributed by atoms with Gasteiger partial charge in [-0.3, -0.25) is 4.68 Å². The molecule has 32 heavy (non-hydrogen) atoms. The molecule has 3 aromatic rings. The van der Waals surface area contributed by atoms with E-state index in [1.54, 1.807) is 10.9 Å². The number of rotatable bonds is 7. The molecule has 0 saturated heterocycles. The summed E-state index contributed by atoms with van der Waals surface area (Å²) in [6.45, 7) is 5.61. The lowest BCUT2D eigenvalue weighted by Crippen LogP contribution is -2.26. The minimum absolute atomic E-state index is 0.306. The van der Waals surface area contributed by atoms with E-state index in [2.05, 4.69) is 40.6 Å². The van der Waals surface area contributed by atoms with Gasteiger partial charge >= 0.3 is 0 Å².